The molecule has 6 aromatic carbocycles. The zero-order valence-electron chi connectivity index (χ0n) is 22.5. The lowest BCUT2D eigenvalue weighted by molar-refractivity contribution is 1.23. The van der Waals surface area contributed by atoms with Crippen molar-refractivity contribution in [1.82, 2.24) is 9.97 Å². The fraction of sp³-hybridized carbons (Fsp3) is 0. The van der Waals surface area contributed by atoms with Crippen molar-refractivity contribution in [2.45, 2.75) is 0 Å². The van der Waals surface area contributed by atoms with Gasteiger partial charge < -0.3 is 0 Å². The molecule has 4 heteroatoms. The van der Waals surface area contributed by atoms with Crippen molar-refractivity contribution in [2.24, 2.45) is 9.98 Å². The summed E-state index contributed by atoms with van der Waals surface area (Å²) in [5.74, 6) is 0.680. The number of nitrogens with zero attached hydrogens (tertiary/aromatic N) is 4. The Morgan fingerprint density at radius 2 is 1.24 bits per heavy atom. The van der Waals surface area contributed by atoms with E-state index in [9.17, 15) is 0 Å². The maximum Gasteiger partial charge on any atom is 0.161 e. The molecule has 194 valence electrons. The van der Waals surface area contributed by atoms with E-state index in [2.05, 4.69) is 97.1 Å². The number of aromatic nitrogens is 2. The third-order valence-corrected chi connectivity index (χ3v) is 8.27. The van der Waals surface area contributed by atoms with Crippen LogP contribution in [0.1, 0.15) is 0 Å². The van der Waals surface area contributed by atoms with Crippen molar-refractivity contribution in [3.05, 3.63) is 155 Å². The van der Waals surface area contributed by atoms with Gasteiger partial charge in [-0.05, 0) is 52.6 Å². The molecule has 0 saturated heterocycles. The van der Waals surface area contributed by atoms with Gasteiger partial charge in [-0.15, -0.1) is 0 Å². The highest BCUT2D eigenvalue weighted by Crippen LogP contribution is 2.49. The minimum absolute atomic E-state index is 0.680. The standard InChI is InChI=1S/C38H22N4/c1-2-10-23(11-3-1)25-13-5-6-14-26(25)28-18-20-32-35(34(28)38-39-22-24-12-4-8-16-30(24)42-38)36-33(40-32)21-19-29-27-15-7-9-17-31(27)41-37(29)36/h1-22H. The van der Waals surface area contributed by atoms with E-state index in [4.69, 9.17) is 20.0 Å². The number of para-hydroxylation sites is 2. The molecule has 2 aliphatic heterocycles. The molecule has 0 aliphatic carbocycles. The second-order valence-corrected chi connectivity index (χ2v) is 10.6. The number of rotatable bonds is 3. The molecule has 0 atom stereocenters. The highest BCUT2D eigenvalue weighted by atomic mass is 14.9. The van der Waals surface area contributed by atoms with Gasteiger partial charge in [0.2, 0.25) is 0 Å². The van der Waals surface area contributed by atoms with Gasteiger partial charge in [0.25, 0.3) is 0 Å². The van der Waals surface area contributed by atoms with Crippen molar-refractivity contribution in [3.8, 4) is 44.8 Å². The fourth-order valence-corrected chi connectivity index (χ4v) is 6.38. The molecule has 9 rings (SSSR count). The molecule has 3 heterocycles. The number of hydrogen-bond acceptors (Lipinski definition) is 4. The average molecular weight is 535 g/mol. The van der Waals surface area contributed by atoms with E-state index in [0.29, 0.717) is 5.82 Å². The van der Waals surface area contributed by atoms with Crippen LogP contribution in [-0.4, -0.2) is 9.97 Å². The Hall–Kier alpha value is -5.74. The molecule has 1 aromatic heterocycles. The van der Waals surface area contributed by atoms with Crippen molar-refractivity contribution in [1.29, 1.82) is 0 Å². The Bertz CT molecular complexity index is 2470. The van der Waals surface area contributed by atoms with Crippen molar-refractivity contribution in [2.75, 3.05) is 0 Å². The van der Waals surface area contributed by atoms with E-state index in [1.165, 1.54) is 0 Å². The molecular weight excluding hydrogens is 512 g/mol. The van der Waals surface area contributed by atoms with Gasteiger partial charge in [-0.2, -0.15) is 0 Å². The maximum atomic E-state index is 5.14. The lowest BCUT2D eigenvalue weighted by Gasteiger charge is -2.18. The summed E-state index contributed by atoms with van der Waals surface area (Å²) in [5.41, 5.74) is 10.4. The summed E-state index contributed by atoms with van der Waals surface area (Å²) in [6.45, 7) is 0. The predicted octanol–water partition coefficient (Wildman–Crippen LogP) is 8.11. The minimum atomic E-state index is 0.680. The Kier molecular flexibility index (Phi) is 4.87. The molecule has 4 nitrogen and oxygen atoms in total. The summed E-state index contributed by atoms with van der Waals surface area (Å²) in [7, 11) is 0. The lowest BCUT2D eigenvalue weighted by atomic mass is 9.87. The van der Waals surface area contributed by atoms with Gasteiger partial charge in [-0.1, -0.05) is 97.1 Å². The Labute approximate surface area is 241 Å². The average Bonchev–Trinajstić information content (AvgIpc) is 3.63. The van der Waals surface area contributed by atoms with Gasteiger partial charge in [0.1, 0.15) is 0 Å². The van der Waals surface area contributed by atoms with E-state index in [-0.39, 0.29) is 0 Å². The van der Waals surface area contributed by atoms with Crippen molar-refractivity contribution in [3.63, 3.8) is 0 Å². The predicted molar refractivity (Wildman–Crippen MR) is 167 cm³/mol. The molecule has 0 bridgehead atoms. The summed E-state index contributed by atoms with van der Waals surface area (Å²) in [4.78, 5) is 20.3. The smallest absolute Gasteiger partial charge is 0.161 e. The first-order chi connectivity index (χ1) is 20.8. The van der Waals surface area contributed by atoms with Gasteiger partial charge in [0.05, 0.1) is 27.6 Å². The summed E-state index contributed by atoms with van der Waals surface area (Å²) in [5, 5.41) is 5.21. The molecule has 0 radical (unpaired) electrons. The molecule has 0 spiro atoms. The summed E-state index contributed by atoms with van der Waals surface area (Å²) >= 11 is 0. The van der Waals surface area contributed by atoms with Crippen LogP contribution in [0.5, 0.6) is 0 Å². The first-order valence-corrected chi connectivity index (χ1v) is 14.1. The van der Waals surface area contributed by atoms with Gasteiger partial charge >= 0.3 is 0 Å². The van der Waals surface area contributed by atoms with Crippen LogP contribution < -0.4 is 10.7 Å². The first-order valence-electron chi connectivity index (χ1n) is 14.1. The number of fused-ring (bicyclic) bond motifs is 7. The third kappa shape index (κ3) is 3.36. The van der Waals surface area contributed by atoms with Crippen LogP contribution >= 0.6 is 0 Å². The molecule has 0 unspecified atom stereocenters. The normalized spacial score (nSPS) is 12.2. The topological polar surface area (TPSA) is 50.5 Å². The zero-order valence-corrected chi connectivity index (χ0v) is 22.5. The monoisotopic (exact) mass is 534 g/mol. The highest BCUT2D eigenvalue weighted by molar-refractivity contribution is 6.04. The van der Waals surface area contributed by atoms with Crippen LogP contribution in [0.25, 0.3) is 55.7 Å². The summed E-state index contributed by atoms with van der Waals surface area (Å²) in [6, 6.07) is 44.2. The molecule has 0 fully saturated rings. The second kappa shape index (κ2) is 8.88. The fourth-order valence-electron chi connectivity index (χ4n) is 6.38. The van der Waals surface area contributed by atoms with Crippen molar-refractivity contribution >= 4 is 22.3 Å². The molecule has 2 aliphatic rings. The van der Waals surface area contributed by atoms with Crippen molar-refractivity contribution < 1.29 is 0 Å². The molecule has 42 heavy (non-hydrogen) atoms. The molecule has 7 aromatic rings. The second-order valence-electron chi connectivity index (χ2n) is 10.6. The maximum absolute atomic E-state index is 5.14. The van der Waals surface area contributed by atoms with Crippen LogP contribution in [0, 0.1) is 10.4 Å². The van der Waals surface area contributed by atoms with Crippen LogP contribution in [0.2, 0.25) is 0 Å². The van der Waals surface area contributed by atoms with Gasteiger partial charge in [-0.3, -0.25) is 0 Å². The van der Waals surface area contributed by atoms with E-state index in [1.54, 1.807) is 0 Å². The van der Waals surface area contributed by atoms with Crippen LogP contribution in [0.4, 0.5) is 11.4 Å². The third-order valence-electron chi connectivity index (χ3n) is 8.27. The van der Waals surface area contributed by atoms with Crippen LogP contribution in [-0.2, 0) is 0 Å². The number of hydrogen-bond donors (Lipinski definition) is 0. The lowest BCUT2D eigenvalue weighted by Crippen LogP contribution is -2.02. The van der Waals surface area contributed by atoms with E-state index < -0.39 is 0 Å². The van der Waals surface area contributed by atoms with Gasteiger partial charge in [-0.25, -0.2) is 20.0 Å². The summed E-state index contributed by atoms with van der Waals surface area (Å²) in [6.07, 6.45) is 1.92. The van der Waals surface area contributed by atoms with E-state index >= 15 is 0 Å². The van der Waals surface area contributed by atoms with Crippen LogP contribution in [0.15, 0.2) is 144 Å². The largest absolute Gasteiger partial charge is 0.248 e. The Morgan fingerprint density at radius 1 is 0.452 bits per heavy atom. The minimum Gasteiger partial charge on any atom is -0.248 e. The number of benzene rings is 6. The zero-order chi connectivity index (χ0) is 27.6. The Morgan fingerprint density at radius 3 is 2.17 bits per heavy atom. The summed E-state index contributed by atoms with van der Waals surface area (Å²) < 4.78 is 0. The molecule has 0 saturated carbocycles. The Balaban J connectivity index is 1.41. The highest BCUT2D eigenvalue weighted by Gasteiger charge is 2.28. The quantitative estimate of drug-likeness (QED) is 0.230. The van der Waals surface area contributed by atoms with Gasteiger partial charge in [0.15, 0.2) is 5.82 Å². The molecule has 0 N–H and O–H groups in total. The first kappa shape index (κ1) is 23.0. The molecule has 0 amide bonds. The van der Waals surface area contributed by atoms with E-state index in [1.807, 2.05) is 36.5 Å². The van der Waals surface area contributed by atoms with Gasteiger partial charge in [0, 0.05) is 38.7 Å². The molecular formula is C38H22N4. The SMILES string of the molecule is c1ccc(-c2ccccc2-c2ccc3c(c2-c2ncc4ccccc4n2)-c2c4c(ccc2=N3)=c2ccccc2=N4)cc1. The van der Waals surface area contributed by atoms with Crippen LogP contribution in [0.3, 0.4) is 0 Å². The van der Waals surface area contributed by atoms with E-state index in [0.717, 1.165) is 82.4 Å².